The van der Waals surface area contributed by atoms with Crippen LogP contribution in [0.4, 0.5) is 0 Å². The minimum absolute atomic E-state index is 0.169. The number of ketones is 1. The summed E-state index contributed by atoms with van der Waals surface area (Å²) in [5.41, 5.74) is 0.631. The molecule has 0 radical (unpaired) electrons. The van der Waals surface area contributed by atoms with Crippen LogP contribution in [-0.2, 0) is 28.5 Å². The van der Waals surface area contributed by atoms with Gasteiger partial charge in [-0.2, -0.15) is 0 Å². The fourth-order valence-corrected chi connectivity index (χ4v) is 5.02. The highest BCUT2D eigenvalue weighted by Crippen LogP contribution is 2.30. The lowest BCUT2D eigenvalue weighted by Crippen LogP contribution is -2.61. The number of aliphatic hydroxyl groups excluding tert-OH is 1. The van der Waals surface area contributed by atoms with Crippen molar-refractivity contribution < 1.29 is 48.0 Å². The molecule has 10 heteroatoms. The Kier molecular flexibility index (Phi) is 9.93. The third kappa shape index (κ3) is 7.53. The van der Waals surface area contributed by atoms with Gasteiger partial charge in [0, 0.05) is 0 Å². The summed E-state index contributed by atoms with van der Waals surface area (Å²) < 4.78 is 28.8. The van der Waals surface area contributed by atoms with Crippen LogP contribution in [-0.4, -0.2) is 72.2 Å². The van der Waals surface area contributed by atoms with Gasteiger partial charge in [0.05, 0.1) is 28.9 Å². The highest BCUT2D eigenvalue weighted by molar-refractivity contribution is 5.95. The zero-order chi connectivity index (χ0) is 30.2. The number of benzene rings is 3. The molecule has 2 fully saturated rings. The van der Waals surface area contributed by atoms with E-state index < -0.39 is 67.1 Å². The summed E-state index contributed by atoms with van der Waals surface area (Å²) in [6.45, 7) is -0.458. The summed E-state index contributed by atoms with van der Waals surface area (Å²) in [7, 11) is 0. The molecule has 2 aliphatic rings. The number of ether oxygens (including phenoxy) is 5. The second kappa shape index (κ2) is 14.2. The molecule has 224 valence electrons. The molecule has 10 nitrogen and oxygen atoms in total. The maximum atomic E-state index is 13.8. The molecule has 0 bridgehead atoms. The van der Waals surface area contributed by atoms with Gasteiger partial charge in [-0.05, 0) is 49.2 Å². The van der Waals surface area contributed by atoms with Crippen molar-refractivity contribution in [3.63, 3.8) is 0 Å². The first-order chi connectivity index (χ1) is 20.9. The van der Waals surface area contributed by atoms with Gasteiger partial charge < -0.3 is 28.8 Å². The van der Waals surface area contributed by atoms with E-state index in [9.17, 15) is 24.3 Å². The van der Waals surface area contributed by atoms with Crippen LogP contribution in [0.2, 0.25) is 0 Å². The molecule has 1 N–H and O–H groups in total. The average Bonchev–Trinajstić information content (AvgIpc) is 3.05. The van der Waals surface area contributed by atoms with Gasteiger partial charge in [-0.3, -0.25) is 4.79 Å². The largest absolute Gasteiger partial charge is 0.459 e. The Morgan fingerprint density at radius 2 is 1.23 bits per heavy atom. The Hall–Kier alpha value is -4.38. The SMILES string of the molecule is O=C(OC[C@H]1O[C@@H](O[C@@H]2CCCC[C@H]2O)C(=O)[C@@H](OC(=O)c2ccccc2)[C@@H]1OC(=O)c1ccccc1)c1ccccc1. The monoisotopic (exact) mass is 588 g/mol. The van der Waals surface area contributed by atoms with Crippen LogP contribution in [0, 0.1) is 0 Å². The van der Waals surface area contributed by atoms with Crippen LogP contribution in [0.15, 0.2) is 91.0 Å². The van der Waals surface area contributed by atoms with E-state index in [1.165, 1.54) is 24.3 Å². The van der Waals surface area contributed by atoms with E-state index in [2.05, 4.69) is 0 Å². The standard InChI is InChI=1S/C33H32O10/c34-24-18-10-11-19-25(24)40-33-27(35)29(43-32(38)23-16-8-3-9-17-23)28(42-31(37)22-14-6-2-7-15-22)26(41-33)20-39-30(36)21-12-4-1-5-13-21/h1-9,12-17,24-26,28-29,33-34H,10-11,18-20H2/t24-,25-,26-,28-,29-,33-/m1/s1. The van der Waals surface area contributed by atoms with E-state index in [1.54, 1.807) is 66.7 Å². The fraction of sp³-hybridized carbons (Fsp3) is 0.333. The van der Waals surface area contributed by atoms with Crippen molar-refractivity contribution in [1.82, 2.24) is 0 Å². The van der Waals surface area contributed by atoms with Gasteiger partial charge in [-0.1, -0.05) is 67.4 Å². The predicted octanol–water partition coefficient (Wildman–Crippen LogP) is 3.91. The van der Waals surface area contributed by atoms with Crippen molar-refractivity contribution in [2.45, 2.75) is 62.5 Å². The summed E-state index contributed by atoms with van der Waals surface area (Å²) >= 11 is 0. The van der Waals surface area contributed by atoms with Gasteiger partial charge in [0.25, 0.3) is 0 Å². The lowest BCUT2D eigenvalue weighted by Gasteiger charge is -2.40. The Labute approximate surface area is 248 Å². The van der Waals surface area contributed by atoms with E-state index in [1.807, 2.05) is 0 Å². The Morgan fingerprint density at radius 3 is 1.79 bits per heavy atom. The van der Waals surface area contributed by atoms with Gasteiger partial charge >= 0.3 is 17.9 Å². The number of aliphatic hydroxyl groups is 1. The van der Waals surface area contributed by atoms with Crippen molar-refractivity contribution in [2.24, 2.45) is 0 Å². The topological polar surface area (TPSA) is 135 Å². The molecule has 1 heterocycles. The van der Waals surface area contributed by atoms with Gasteiger partial charge in [0.15, 0.2) is 6.10 Å². The number of rotatable bonds is 9. The van der Waals surface area contributed by atoms with Crippen LogP contribution in [0.5, 0.6) is 0 Å². The molecule has 1 saturated carbocycles. The maximum absolute atomic E-state index is 13.8. The average molecular weight is 589 g/mol. The van der Waals surface area contributed by atoms with Crippen molar-refractivity contribution >= 4 is 23.7 Å². The second-order valence-electron chi connectivity index (χ2n) is 10.3. The van der Waals surface area contributed by atoms with Gasteiger partial charge in [0.1, 0.15) is 12.7 Å². The molecule has 0 aromatic heterocycles. The Morgan fingerprint density at radius 1 is 0.721 bits per heavy atom. The van der Waals surface area contributed by atoms with Crippen LogP contribution >= 0.6 is 0 Å². The normalized spacial score (nSPS) is 25.4. The van der Waals surface area contributed by atoms with Gasteiger partial charge in [0.2, 0.25) is 18.2 Å². The molecule has 1 saturated heterocycles. The second-order valence-corrected chi connectivity index (χ2v) is 10.3. The minimum atomic E-state index is -1.67. The summed E-state index contributed by atoms with van der Waals surface area (Å²) in [4.78, 5) is 52.9. The molecule has 5 rings (SSSR count). The number of esters is 3. The molecule has 0 spiro atoms. The first kappa shape index (κ1) is 30.1. The van der Waals surface area contributed by atoms with Crippen LogP contribution in [0.25, 0.3) is 0 Å². The highest BCUT2D eigenvalue weighted by atomic mass is 16.7. The summed E-state index contributed by atoms with van der Waals surface area (Å²) in [5.74, 6) is -3.12. The van der Waals surface area contributed by atoms with E-state index in [-0.39, 0.29) is 16.7 Å². The highest BCUT2D eigenvalue weighted by Gasteiger charge is 2.52. The van der Waals surface area contributed by atoms with E-state index in [0.717, 1.165) is 12.8 Å². The van der Waals surface area contributed by atoms with Crippen molar-refractivity contribution in [2.75, 3.05) is 6.61 Å². The van der Waals surface area contributed by atoms with Crippen molar-refractivity contribution in [3.05, 3.63) is 108 Å². The predicted molar refractivity (Wildman–Crippen MR) is 151 cm³/mol. The summed E-state index contributed by atoms with van der Waals surface area (Å²) in [6, 6.07) is 24.3. The smallest absolute Gasteiger partial charge is 0.338 e. The number of hydrogen-bond donors (Lipinski definition) is 1. The lowest BCUT2D eigenvalue weighted by atomic mass is 9.94. The number of carbonyl (C=O) groups is 4. The molecule has 1 aliphatic heterocycles. The summed E-state index contributed by atoms with van der Waals surface area (Å²) in [5, 5.41) is 10.5. The first-order valence-corrected chi connectivity index (χ1v) is 14.2. The molecular weight excluding hydrogens is 556 g/mol. The molecule has 0 unspecified atom stereocenters. The molecule has 43 heavy (non-hydrogen) atoms. The molecule has 3 aromatic carbocycles. The van der Waals surface area contributed by atoms with Crippen LogP contribution in [0.1, 0.15) is 56.8 Å². The van der Waals surface area contributed by atoms with E-state index >= 15 is 0 Å². The van der Waals surface area contributed by atoms with Crippen LogP contribution < -0.4 is 0 Å². The number of carbonyl (C=O) groups excluding carboxylic acids is 4. The number of hydrogen-bond acceptors (Lipinski definition) is 10. The zero-order valence-corrected chi connectivity index (χ0v) is 23.3. The van der Waals surface area contributed by atoms with Gasteiger partial charge in [-0.25, -0.2) is 14.4 Å². The number of Topliss-reactive ketones (excluding diaryl/α,β-unsaturated/α-hetero) is 1. The van der Waals surface area contributed by atoms with E-state index in [4.69, 9.17) is 23.7 Å². The Balaban J connectivity index is 1.45. The minimum Gasteiger partial charge on any atom is -0.459 e. The first-order valence-electron chi connectivity index (χ1n) is 14.2. The summed E-state index contributed by atoms with van der Waals surface area (Å²) in [6.07, 6.45) is -4.96. The fourth-order valence-electron chi connectivity index (χ4n) is 5.02. The zero-order valence-electron chi connectivity index (χ0n) is 23.3. The molecule has 1 aliphatic carbocycles. The van der Waals surface area contributed by atoms with E-state index in [0.29, 0.717) is 12.8 Å². The van der Waals surface area contributed by atoms with Crippen molar-refractivity contribution in [1.29, 1.82) is 0 Å². The van der Waals surface area contributed by atoms with Gasteiger partial charge in [-0.15, -0.1) is 0 Å². The Bertz CT molecular complexity index is 1390. The molecule has 3 aromatic rings. The third-order valence-corrected chi connectivity index (χ3v) is 7.33. The molecule has 0 amide bonds. The third-order valence-electron chi connectivity index (χ3n) is 7.33. The lowest BCUT2D eigenvalue weighted by molar-refractivity contribution is -0.258. The molecular formula is C33H32O10. The quantitative estimate of drug-likeness (QED) is 0.290. The molecule has 6 atom stereocenters. The van der Waals surface area contributed by atoms with Crippen molar-refractivity contribution in [3.8, 4) is 0 Å². The van der Waals surface area contributed by atoms with Crippen LogP contribution in [0.3, 0.4) is 0 Å². The maximum Gasteiger partial charge on any atom is 0.338 e.